The summed E-state index contributed by atoms with van der Waals surface area (Å²) in [4.78, 5) is 15.0. The van der Waals surface area contributed by atoms with Crippen LogP contribution in [0.2, 0.25) is 13.1 Å². The van der Waals surface area contributed by atoms with Crippen molar-refractivity contribution in [3.05, 3.63) is 109 Å². The SMILES string of the molecule is CC(=O)/C=C(/C)O.C[Si]1(C)c2cc3ccccc3[c-]c2-c2nccc3c2c2c1cccc2n3-c1ccccc1.[Ir]. The third-order valence-electron chi connectivity index (χ3n) is 7.50. The Bertz CT molecular complexity index is 1940. The van der Waals surface area contributed by atoms with Gasteiger partial charge < -0.3 is 9.67 Å². The number of aliphatic hydroxyl groups is 1. The Hall–Kier alpha value is -3.83. The van der Waals surface area contributed by atoms with Gasteiger partial charge in [-0.05, 0) is 38.1 Å². The maximum absolute atomic E-state index is 10.0. The smallest absolute Gasteiger partial charge is 0.155 e. The van der Waals surface area contributed by atoms with Crippen molar-refractivity contribution in [2.45, 2.75) is 26.9 Å². The van der Waals surface area contributed by atoms with Crippen molar-refractivity contribution in [2.75, 3.05) is 0 Å². The van der Waals surface area contributed by atoms with Crippen LogP contribution < -0.4 is 10.4 Å². The summed E-state index contributed by atoms with van der Waals surface area (Å²) in [6.45, 7) is 7.79. The molecule has 0 fully saturated rings. The van der Waals surface area contributed by atoms with Crippen LogP contribution in [0.15, 0.2) is 103 Å². The van der Waals surface area contributed by atoms with Gasteiger partial charge in [-0.3, -0.25) is 9.78 Å². The molecule has 0 bridgehead atoms. The molecule has 0 atom stereocenters. The van der Waals surface area contributed by atoms with Crippen LogP contribution in [0.5, 0.6) is 0 Å². The quantitative estimate of drug-likeness (QED) is 0.0912. The Labute approximate surface area is 248 Å². The van der Waals surface area contributed by atoms with Crippen LogP contribution in [0.25, 0.3) is 49.5 Å². The van der Waals surface area contributed by atoms with E-state index >= 15 is 0 Å². The maximum Gasteiger partial charge on any atom is 0.155 e. The van der Waals surface area contributed by atoms with Gasteiger partial charge in [0.1, 0.15) is 0 Å². The van der Waals surface area contributed by atoms with E-state index in [0.29, 0.717) is 0 Å². The predicted octanol–water partition coefficient (Wildman–Crippen LogP) is 6.97. The van der Waals surface area contributed by atoms with Gasteiger partial charge in [-0.2, -0.15) is 0 Å². The van der Waals surface area contributed by atoms with E-state index in [-0.39, 0.29) is 31.6 Å². The number of aliphatic hydroxyl groups excluding tert-OH is 1. The predicted molar refractivity (Wildman–Crippen MR) is 164 cm³/mol. The first-order valence-corrected chi connectivity index (χ1v) is 16.1. The van der Waals surface area contributed by atoms with Crippen molar-refractivity contribution in [3.63, 3.8) is 0 Å². The van der Waals surface area contributed by atoms with E-state index < -0.39 is 8.07 Å². The fourth-order valence-electron chi connectivity index (χ4n) is 5.85. The largest absolute Gasteiger partial charge is 0.512 e. The molecule has 1 aliphatic rings. The van der Waals surface area contributed by atoms with Crippen LogP contribution in [0.3, 0.4) is 0 Å². The molecule has 0 spiro atoms. The first kappa shape index (κ1) is 27.7. The van der Waals surface area contributed by atoms with E-state index in [1.54, 1.807) is 0 Å². The number of para-hydroxylation sites is 1. The number of hydrogen-bond acceptors (Lipinski definition) is 3. The van der Waals surface area contributed by atoms with Crippen LogP contribution in [0, 0.1) is 6.07 Å². The molecule has 0 saturated carbocycles. The summed E-state index contributed by atoms with van der Waals surface area (Å²) in [5.74, 6) is -0.0625. The molecule has 1 radical (unpaired) electrons. The summed E-state index contributed by atoms with van der Waals surface area (Å²) in [7, 11) is -2.02. The Morgan fingerprint density at radius 2 is 1.57 bits per heavy atom. The van der Waals surface area contributed by atoms with Gasteiger partial charge in [0.15, 0.2) is 5.78 Å². The van der Waals surface area contributed by atoms with Crippen molar-refractivity contribution in [1.29, 1.82) is 0 Å². The van der Waals surface area contributed by atoms with E-state index in [4.69, 9.17) is 10.1 Å². The molecule has 201 valence electrons. The van der Waals surface area contributed by atoms with Crippen LogP contribution in [0.4, 0.5) is 0 Å². The van der Waals surface area contributed by atoms with E-state index in [2.05, 4.69) is 109 Å². The first-order valence-electron chi connectivity index (χ1n) is 13.1. The maximum atomic E-state index is 10.0. The molecule has 7 rings (SSSR count). The standard InChI is InChI=1S/C29H21N2Si.C5H8O2.Ir/c1-32(2)25-14-8-13-23-27(25)28-24(31(23)21-11-4-3-5-12-21)15-16-30-29(28)22-17-19-9-6-7-10-20(19)18-26(22)32;1-4(6)3-5(2)7;/h3-16,18H,1-2H3;3,6H,1-2H3;/q-1;;/b;4-3-;. The second-order valence-corrected chi connectivity index (χ2v) is 14.9. The topological polar surface area (TPSA) is 55.1 Å². The first-order chi connectivity index (χ1) is 18.8. The zero-order chi connectivity index (χ0) is 27.3. The number of allylic oxidation sites excluding steroid dienone is 2. The number of pyridine rings is 1. The monoisotopic (exact) mass is 718 g/mol. The van der Waals surface area contributed by atoms with E-state index in [1.165, 1.54) is 68.7 Å². The van der Waals surface area contributed by atoms with Gasteiger partial charge in [0, 0.05) is 54.5 Å². The molecule has 1 N–H and O–H groups in total. The summed E-state index contributed by atoms with van der Waals surface area (Å²) in [6, 6.07) is 34.4. The molecule has 40 heavy (non-hydrogen) atoms. The minimum atomic E-state index is -2.02. The van der Waals surface area contributed by atoms with Gasteiger partial charge in [0.25, 0.3) is 0 Å². The normalized spacial score (nSPS) is 13.3. The molecule has 6 aromatic rings. The summed E-state index contributed by atoms with van der Waals surface area (Å²) in [6.07, 6.45) is 3.13. The number of rotatable bonds is 2. The van der Waals surface area contributed by atoms with Crippen molar-refractivity contribution in [1.82, 2.24) is 9.55 Å². The molecule has 4 aromatic carbocycles. The van der Waals surface area contributed by atoms with Gasteiger partial charge in [0.05, 0.1) is 24.9 Å². The van der Waals surface area contributed by atoms with E-state index in [0.717, 1.165) is 11.1 Å². The van der Waals surface area contributed by atoms with Crippen LogP contribution >= 0.6 is 0 Å². The zero-order valence-electron chi connectivity index (χ0n) is 22.8. The number of nitrogens with zero attached hydrogens (tertiary/aromatic N) is 2. The van der Waals surface area contributed by atoms with E-state index in [1.807, 2.05) is 6.20 Å². The van der Waals surface area contributed by atoms with Crippen molar-refractivity contribution in [3.8, 4) is 16.9 Å². The summed E-state index contributed by atoms with van der Waals surface area (Å²) >= 11 is 0. The van der Waals surface area contributed by atoms with Crippen molar-refractivity contribution >= 4 is 56.8 Å². The van der Waals surface area contributed by atoms with Gasteiger partial charge in [-0.1, -0.05) is 77.8 Å². The van der Waals surface area contributed by atoms with Gasteiger partial charge in [-0.25, -0.2) is 0 Å². The van der Waals surface area contributed by atoms with Gasteiger partial charge in [0.2, 0.25) is 0 Å². The molecule has 0 amide bonds. The minimum Gasteiger partial charge on any atom is -0.512 e. The van der Waals surface area contributed by atoms with Crippen LogP contribution in [0.1, 0.15) is 13.8 Å². The van der Waals surface area contributed by atoms with Crippen molar-refractivity contribution < 1.29 is 30.0 Å². The number of benzene rings is 4. The minimum absolute atomic E-state index is 0. The average molecular weight is 718 g/mol. The number of aromatic nitrogens is 2. The average Bonchev–Trinajstić information content (AvgIpc) is 3.23. The van der Waals surface area contributed by atoms with Gasteiger partial charge >= 0.3 is 0 Å². The summed E-state index contributed by atoms with van der Waals surface area (Å²) in [5, 5.41) is 16.3. The second kappa shape index (κ2) is 10.6. The second-order valence-electron chi connectivity index (χ2n) is 10.6. The van der Waals surface area contributed by atoms with Crippen LogP contribution in [-0.2, 0) is 24.9 Å². The molecule has 4 nitrogen and oxygen atoms in total. The Balaban J connectivity index is 0.000000362. The molecule has 0 saturated heterocycles. The number of carbonyl (C=O) groups excluding carboxylic acids is 1. The molecule has 1 aliphatic heterocycles. The fraction of sp³-hybridized carbons (Fsp3) is 0.118. The van der Waals surface area contributed by atoms with Gasteiger partial charge in [-0.15, -0.1) is 28.8 Å². The third-order valence-corrected chi connectivity index (χ3v) is 11.0. The molecule has 6 heteroatoms. The Kier molecular flexibility index (Phi) is 7.36. The van der Waals surface area contributed by atoms with Crippen LogP contribution in [-0.4, -0.2) is 28.5 Å². The summed E-state index contributed by atoms with van der Waals surface area (Å²) < 4.78 is 2.40. The molecule has 0 unspecified atom stereocenters. The molecular formula is C34H29IrN2O2Si-. The molecular weight excluding hydrogens is 689 g/mol. The Morgan fingerprint density at radius 3 is 2.27 bits per heavy atom. The number of hydrogen-bond donors (Lipinski definition) is 1. The van der Waals surface area contributed by atoms with Crippen molar-refractivity contribution in [2.24, 2.45) is 0 Å². The Morgan fingerprint density at radius 1 is 0.875 bits per heavy atom. The summed E-state index contributed by atoms with van der Waals surface area (Å²) in [5.41, 5.74) is 5.89. The number of carbonyl (C=O) groups is 1. The fourth-order valence-corrected chi connectivity index (χ4v) is 8.86. The molecule has 3 heterocycles. The molecule has 2 aromatic heterocycles. The molecule has 0 aliphatic carbocycles. The van der Waals surface area contributed by atoms with E-state index in [9.17, 15) is 4.79 Å². The zero-order valence-corrected chi connectivity index (χ0v) is 26.2. The number of fused-ring (bicyclic) bond motifs is 3. The third kappa shape index (κ3) is 4.52. The number of ketones is 1.